The van der Waals surface area contributed by atoms with E-state index in [-0.39, 0.29) is 23.4 Å². The largest absolute Gasteiger partial charge is 0.471 e. The van der Waals surface area contributed by atoms with E-state index in [0.29, 0.717) is 5.56 Å². The van der Waals surface area contributed by atoms with Crippen LogP contribution in [0, 0.1) is 5.41 Å². The predicted octanol–water partition coefficient (Wildman–Crippen LogP) is 3.40. The minimum absolute atomic E-state index is 0.0691. The van der Waals surface area contributed by atoms with Gasteiger partial charge in [0.05, 0.1) is 0 Å². The van der Waals surface area contributed by atoms with E-state index in [2.05, 4.69) is 9.98 Å². The zero-order valence-electron chi connectivity index (χ0n) is 10.5. The zero-order chi connectivity index (χ0) is 13.8. The van der Waals surface area contributed by atoms with Gasteiger partial charge in [-0.25, -0.2) is 4.98 Å². The van der Waals surface area contributed by atoms with Crippen molar-refractivity contribution < 1.29 is 17.9 Å². The Kier molecular flexibility index (Phi) is 2.43. The number of alkyl halides is 3. The van der Waals surface area contributed by atoms with Crippen LogP contribution in [-0.4, -0.2) is 17.3 Å². The SMILES string of the molecule is CC1(C)C=N[C@H]2c3ccc(C(F)(F)F)nc3O[C@H]2C1. The van der Waals surface area contributed by atoms with Gasteiger partial charge in [-0.15, -0.1) is 0 Å². The molecule has 2 atom stereocenters. The molecule has 6 heteroatoms. The number of rotatable bonds is 0. The van der Waals surface area contributed by atoms with E-state index < -0.39 is 11.9 Å². The Balaban J connectivity index is 1.97. The normalized spacial score (nSPS) is 27.6. The van der Waals surface area contributed by atoms with Gasteiger partial charge in [0.1, 0.15) is 17.8 Å². The Bertz CT molecular complexity index is 551. The third kappa shape index (κ3) is 2.09. The van der Waals surface area contributed by atoms with Gasteiger partial charge >= 0.3 is 6.18 Å². The molecule has 0 amide bonds. The summed E-state index contributed by atoms with van der Waals surface area (Å²) in [5.74, 6) is 0.0691. The van der Waals surface area contributed by atoms with Crippen molar-refractivity contribution in [2.75, 3.05) is 0 Å². The standard InChI is InChI=1S/C13H13F3N2O/c1-12(2)5-8-10(17-6-12)7-3-4-9(13(14,15)16)18-11(7)19-8/h3-4,6,8,10H,5H2,1-2H3/t8-,10-/m0/s1. The zero-order valence-corrected chi connectivity index (χ0v) is 10.5. The number of hydrogen-bond donors (Lipinski definition) is 0. The second-order valence-electron chi connectivity index (χ2n) is 5.66. The van der Waals surface area contributed by atoms with Gasteiger partial charge in [-0.1, -0.05) is 13.8 Å². The molecule has 0 unspecified atom stereocenters. The van der Waals surface area contributed by atoms with E-state index in [1.807, 2.05) is 20.1 Å². The lowest BCUT2D eigenvalue weighted by molar-refractivity contribution is -0.141. The van der Waals surface area contributed by atoms with E-state index in [1.165, 1.54) is 6.07 Å². The summed E-state index contributed by atoms with van der Waals surface area (Å²) < 4.78 is 43.4. The number of hydrogen-bond acceptors (Lipinski definition) is 3. The molecule has 1 aromatic heterocycles. The van der Waals surface area contributed by atoms with Gasteiger partial charge in [-0.2, -0.15) is 13.2 Å². The molecule has 0 aliphatic carbocycles. The van der Waals surface area contributed by atoms with E-state index in [0.717, 1.165) is 12.5 Å². The number of aliphatic imine (C=N–C) groups is 1. The number of aromatic nitrogens is 1. The quantitative estimate of drug-likeness (QED) is 0.724. The maximum absolute atomic E-state index is 12.6. The van der Waals surface area contributed by atoms with Crippen molar-refractivity contribution in [2.24, 2.45) is 10.4 Å². The highest BCUT2D eigenvalue weighted by atomic mass is 19.4. The van der Waals surface area contributed by atoms with E-state index in [9.17, 15) is 13.2 Å². The Morgan fingerprint density at radius 3 is 2.74 bits per heavy atom. The Labute approximate surface area is 108 Å². The molecule has 0 fully saturated rings. The van der Waals surface area contributed by atoms with Gasteiger partial charge in [0.25, 0.3) is 0 Å². The maximum Gasteiger partial charge on any atom is 0.433 e. The second-order valence-corrected chi connectivity index (χ2v) is 5.66. The number of ether oxygens (including phenoxy) is 1. The first-order valence-electron chi connectivity index (χ1n) is 6.05. The number of halogens is 3. The average molecular weight is 270 g/mol. The molecule has 102 valence electrons. The molecule has 0 spiro atoms. The van der Waals surface area contributed by atoms with Crippen molar-refractivity contribution in [3.05, 3.63) is 23.4 Å². The van der Waals surface area contributed by atoms with Crippen LogP contribution in [0.1, 0.15) is 37.6 Å². The summed E-state index contributed by atoms with van der Waals surface area (Å²) >= 11 is 0. The first kappa shape index (κ1) is 12.4. The third-order valence-electron chi connectivity index (χ3n) is 3.43. The molecular formula is C13H13F3N2O. The molecule has 0 aromatic carbocycles. The van der Waals surface area contributed by atoms with Gasteiger partial charge in [0, 0.05) is 17.2 Å². The fourth-order valence-corrected chi connectivity index (χ4v) is 2.52. The van der Waals surface area contributed by atoms with Crippen LogP contribution in [0.15, 0.2) is 17.1 Å². The topological polar surface area (TPSA) is 34.5 Å². The van der Waals surface area contributed by atoms with E-state index >= 15 is 0 Å². The number of nitrogens with zero attached hydrogens (tertiary/aromatic N) is 2. The molecular weight excluding hydrogens is 257 g/mol. The fraction of sp³-hybridized carbons (Fsp3) is 0.538. The summed E-state index contributed by atoms with van der Waals surface area (Å²) in [6.45, 7) is 4.04. The Morgan fingerprint density at radius 1 is 1.32 bits per heavy atom. The minimum atomic E-state index is -4.45. The van der Waals surface area contributed by atoms with Crippen LogP contribution in [0.4, 0.5) is 13.2 Å². The van der Waals surface area contributed by atoms with E-state index in [4.69, 9.17) is 4.74 Å². The number of pyridine rings is 1. The molecule has 0 saturated heterocycles. The van der Waals surface area contributed by atoms with Gasteiger partial charge in [0.15, 0.2) is 0 Å². The van der Waals surface area contributed by atoms with Crippen LogP contribution in [0.25, 0.3) is 0 Å². The minimum Gasteiger partial charge on any atom is -0.471 e. The van der Waals surface area contributed by atoms with Crippen LogP contribution >= 0.6 is 0 Å². The second kappa shape index (κ2) is 3.71. The summed E-state index contributed by atoms with van der Waals surface area (Å²) in [4.78, 5) is 7.98. The molecule has 0 N–H and O–H groups in total. The van der Waals surface area contributed by atoms with Crippen LogP contribution in [0.3, 0.4) is 0 Å². The van der Waals surface area contributed by atoms with Crippen LogP contribution < -0.4 is 4.74 Å². The summed E-state index contributed by atoms with van der Waals surface area (Å²) in [7, 11) is 0. The highest BCUT2D eigenvalue weighted by Gasteiger charge is 2.43. The van der Waals surface area contributed by atoms with Gasteiger partial charge in [-0.3, -0.25) is 4.99 Å². The molecule has 0 bridgehead atoms. The first-order chi connectivity index (χ1) is 8.76. The van der Waals surface area contributed by atoms with Crippen molar-refractivity contribution >= 4 is 6.21 Å². The molecule has 3 heterocycles. The average Bonchev–Trinajstić information content (AvgIpc) is 2.61. The molecule has 19 heavy (non-hydrogen) atoms. The first-order valence-corrected chi connectivity index (χ1v) is 6.05. The van der Waals surface area contributed by atoms with Crippen molar-refractivity contribution in [1.82, 2.24) is 4.98 Å². The highest BCUT2D eigenvalue weighted by molar-refractivity contribution is 5.67. The smallest absolute Gasteiger partial charge is 0.433 e. The molecule has 3 nitrogen and oxygen atoms in total. The summed E-state index contributed by atoms with van der Waals surface area (Å²) in [6, 6.07) is 2.18. The summed E-state index contributed by atoms with van der Waals surface area (Å²) in [6.07, 6.45) is -2.09. The van der Waals surface area contributed by atoms with Crippen molar-refractivity contribution in [2.45, 2.75) is 38.6 Å². The molecule has 0 saturated carbocycles. The van der Waals surface area contributed by atoms with Crippen molar-refractivity contribution in [3.8, 4) is 5.88 Å². The fourth-order valence-electron chi connectivity index (χ4n) is 2.52. The summed E-state index contributed by atoms with van der Waals surface area (Å²) in [5.41, 5.74) is -0.381. The molecule has 2 aliphatic rings. The lowest BCUT2D eigenvalue weighted by atomic mass is 9.82. The molecule has 0 radical (unpaired) electrons. The maximum atomic E-state index is 12.6. The molecule has 3 rings (SSSR count). The van der Waals surface area contributed by atoms with Crippen LogP contribution in [0.2, 0.25) is 0 Å². The highest BCUT2D eigenvalue weighted by Crippen LogP contribution is 2.45. The van der Waals surface area contributed by atoms with Crippen molar-refractivity contribution in [3.63, 3.8) is 0 Å². The Hall–Kier alpha value is -1.59. The van der Waals surface area contributed by atoms with Gasteiger partial charge < -0.3 is 4.74 Å². The lowest BCUT2D eigenvalue weighted by Crippen LogP contribution is -2.31. The van der Waals surface area contributed by atoms with Crippen molar-refractivity contribution in [1.29, 1.82) is 0 Å². The van der Waals surface area contributed by atoms with Gasteiger partial charge in [-0.05, 0) is 18.6 Å². The number of fused-ring (bicyclic) bond motifs is 3. The van der Waals surface area contributed by atoms with Gasteiger partial charge in [0.2, 0.25) is 5.88 Å². The molecule has 2 aliphatic heterocycles. The van der Waals surface area contributed by atoms with Crippen LogP contribution in [0.5, 0.6) is 5.88 Å². The third-order valence-corrected chi connectivity index (χ3v) is 3.43. The summed E-state index contributed by atoms with van der Waals surface area (Å²) in [5, 5.41) is 0. The van der Waals surface area contributed by atoms with Crippen LogP contribution in [-0.2, 0) is 6.18 Å². The monoisotopic (exact) mass is 270 g/mol. The molecule has 1 aromatic rings. The Morgan fingerprint density at radius 2 is 2.05 bits per heavy atom. The predicted molar refractivity (Wildman–Crippen MR) is 63.3 cm³/mol. The lowest BCUT2D eigenvalue weighted by Gasteiger charge is -2.30. The van der Waals surface area contributed by atoms with E-state index in [1.54, 1.807) is 0 Å².